The molecule has 0 fully saturated rings. The second-order valence-corrected chi connectivity index (χ2v) is 8.09. The van der Waals surface area contributed by atoms with Crippen molar-refractivity contribution in [3.8, 4) is 0 Å². The smallest absolute Gasteiger partial charge is 0.238 e. The van der Waals surface area contributed by atoms with Crippen LogP contribution in [0.2, 0.25) is 0 Å². The molecule has 2 rings (SSSR count). The standard InChI is InChI=1S/C19H23F2N3O3S/c1-24(13-15-4-7-17(20)18(21)12-15)11-9-19(25)23-10-8-14-2-5-16(6-3-14)28(22,26)27/h2-7,12H,8-11,13H2,1H3,(H,23,25)(H2,22,26,27). The topological polar surface area (TPSA) is 92.5 Å². The summed E-state index contributed by atoms with van der Waals surface area (Å²) in [6.07, 6.45) is 0.825. The molecular weight excluding hydrogens is 388 g/mol. The van der Waals surface area contributed by atoms with E-state index in [1.54, 1.807) is 19.2 Å². The molecule has 152 valence electrons. The number of nitrogens with zero attached hydrogens (tertiary/aromatic N) is 1. The van der Waals surface area contributed by atoms with Crippen molar-refractivity contribution < 1.29 is 22.0 Å². The first-order valence-corrected chi connectivity index (χ1v) is 10.2. The first-order valence-electron chi connectivity index (χ1n) is 8.66. The van der Waals surface area contributed by atoms with Gasteiger partial charge in [-0.15, -0.1) is 0 Å². The molecule has 0 aliphatic carbocycles. The van der Waals surface area contributed by atoms with Crippen molar-refractivity contribution in [2.75, 3.05) is 20.1 Å². The van der Waals surface area contributed by atoms with E-state index in [1.165, 1.54) is 18.2 Å². The maximum absolute atomic E-state index is 13.2. The van der Waals surface area contributed by atoms with Crippen molar-refractivity contribution in [1.82, 2.24) is 10.2 Å². The van der Waals surface area contributed by atoms with Crippen LogP contribution in [0, 0.1) is 11.6 Å². The lowest BCUT2D eigenvalue weighted by atomic mass is 10.1. The van der Waals surface area contributed by atoms with E-state index in [4.69, 9.17) is 5.14 Å². The number of halogens is 2. The monoisotopic (exact) mass is 411 g/mol. The Morgan fingerprint density at radius 3 is 2.32 bits per heavy atom. The fraction of sp³-hybridized carbons (Fsp3) is 0.316. The first-order chi connectivity index (χ1) is 13.1. The summed E-state index contributed by atoms with van der Waals surface area (Å²) >= 11 is 0. The molecule has 0 radical (unpaired) electrons. The van der Waals surface area contributed by atoms with Gasteiger partial charge in [0.25, 0.3) is 0 Å². The molecule has 0 spiro atoms. The molecule has 28 heavy (non-hydrogen) atoms. The van der Waals surface area contributed by atoms with Gasteiger partial charge in [0.05, 0.1) is 4.90 Å². The van der Waals surface area contributed by atoms with Crippen molar-refractivity contribution in [2.24, 2.45) is 5.14 Å². The van der Waals surface area contributed by atoms with Gasteiger partial charge in [-0.3, -0.25) is 4.79 Å². The predicted octanol–water partition coefficient (Wildman–Crippen LogP) is 1.79. The van der Waals surface area contributed by atoms with Crippen LogP contribution in [-0.4, -0.2) is 39.4 Å². The van der Waals surface area contributed by atoms with Crippen molar-refractivity contribution in [3.63, 3.8) is 0 Å². The molecular formula is C19H23F2N3O3S. The number of nitrogens with one attached hydrogen (secondary N) is 1. The van der Waals surface area contributed by atoms with Gasteiger partial charge in [0, 0.05) is 26.1 Å². The molecule has 3 N–H and O–H groups in total. The highest BCUT2D eigenvalue weighted by Gasteiger charge is 2.09. The molecule has 0 aliphatic heterocycles. The average Bonchev–Trinajstić information content (AvgIpc) is 2.63. The van der Waals surface area contributed by atoms with Gasteiger partial charge in [-0.2, -0.15) is 0 Å². The van der Waals surface area contributed by atoms with Gasteiger partial charge < -0.3 is 10.2 Å². The highest BCUT2D eigenvalue weighted by Crippen LogP contribution is 2.11. The summed E-state index contributed by atoms with van der Waals surface area (Å²) < 4.78 is 48.5. The molecule has 0 atom stereocenters. The average molecular weight is 411 g/mol. The number of carbonyl (C=O) groups excluding carboxylic acids is 1. The van der Waals surface area contributed by atoms with Crippen LogP contribution in [-0.2, 0) is 27.8 Å². The molecule has 0 heterocycles. The van der Waals surface area contributed by atoms with Crippen LogP contribution >= 0.6 is 0 Å². The highest BCUT2D eigenvalue weighted by molar-refractivity contribution is 7.89. The van der Waals surface area contributed by atoms with E-state index in [9.17, 15) is 22.0 Å². The second-order valence-electron chi connectivity index (χ2n) is 6.53. The summed E-state index contributed by atoms with van der Waals surface area (Å²) in [4.78, 5) is 13.8. The molecule has 0 saturated heterocycles. The Balaban J connectivity index is 1.70. The number of hydrogen-bond donors (Lipinski definition) is 2. The Hall–Kier alpha value is -2.36. The van der Waals surface area contributed by atoms with Crippen LogP contribution in [0.5, 0.6) is 0 Å². The van der Waals surface area contributed by atoms with Crippen molar-refractivity contribution in [3.05, 3.63) is 65.2 Å². The minimum atomic E-state index is -3.71. The molecule has 9 heteroatoms. The SMILES string of the molecule is CN(CCC(=O)NCCc1ccc(S(N)(=O)=O)cc1)Cc1ccc(F)c(F)c1. The lowest BCUT2D eigenvalue weighted by Gasteiger charge is -2.16. The number of primary sulfonamides is 1. The van der Waals surface area contributed by atoms with Gasteiger partial charge in [-0.1, -0.05) is 18.2 Å². The maximum atomic E-state index is 13.2. The summed E-state index contributed by atoms with van der Waals surface area (Å²) in [5.74, 6) is -1.90. The zero-order valence-corrected chi connectivity index (χ0v) is 16.3. The zero-order valence-electron chi connectivity index (χ0n) is 15.5. The number of hydrogen-bond acceptors (Lipinski definition) is 4. The van der Waals surface area contributed by atoms with E-state index in [2.05, 4.69) is 5.32 Å². The van der Waals surface area contributed by atoms with Crippen LogP contribution in [0.15, 0.2) is 47.4 Å². The molecule has 1 amide bonds. The summed E-state index contributed by atoms with van der Waals surface area (Å²) in [6.45, 7) is 1.29. The molecule has 0 bridgehead atoms. The van der Waals surface area contributed by atoms with Crippen LogP contribution in [0.4, 0.5) is 8.78 Å². The largest absolute Gasteiger partial charge is 0.356 e. The van der Waals surface area contributed by atoms with E-state index in [1.807, 2.05) is 4.90 Å². The third-order valence-corrected chi connectivity index (χ3v) is 5.07. The molecule has 0 aliphatic rings. The van der Waals surface area contributed by atoms with Gasteiger partial charge in [0.2, 0.25) is 15.9 Å². The quantitative estimate of drug-likeness (QED) is 0.658. The fourth-order valence-corrected chi connectivity index (χ4v) is 3.12. The van der Waals surface area contributed by atoms with Gasteiger partial charge in [-0.05, 0) is 48.9 Å². The molecule has 0 saturated carbocycles. The lowest BCUT2D eigenvalue weighted by molar-refractivity contribution is -0.121. The van der Waals surface area contributed by atoms with E-state index in [0.29, 0.717) is 31.6 Å². The minimum Gasteiger partial charge on any atom is -0.356 e. The number of sulfonamides is 1. The Morgan fingerprint density at radius 1 is 1.07 bits per heavy atom. The third kappa shape index (κ3) is 6.99. The summed E-state index contributed by atoms with van der Waals surface area (Å²) in [5, 5.41) is 7.84. The Bertz CT molecular complexity index is 919. The number of amides is 1. The summed E-state index contributed by atoms with van der Waals surface area (Å²) in [7, 11) is -1.92. The number of rotatable bonds is 9. The molecule has 2 aromatic rings. The number of benzene rings is 2. The van der Waals surface area contributed by atoms with Gasteiger partial charge in [0.15, 0.2) is 11.6 Å². The minimum absolute atomic E-state index is 0.0457. The first kappa shape index (κ1) is 21.9. The maximum Gasteiger partial charge on any atom is 0.238 e. The summed E-state index contributed by atoms with van der Waals surface area (Å²) in [6, 6.07) is 9.91. The van der Waals surface area contributed by atoms with Crippen LogP contribution < -0.4 is 10.5 Å². The number of carbonyl (C=O) groups is 1. The summed E-state index contributed by atoms with van der Waals surface area (Å²) in [5.41, 5.74) is 1.51. The van der Waals surface area contributed by atoms with E-state index < -0.39 is 21.7 Å². The van der Waals surface area contributed by atoms with Gasteiger partial charge in [-0.25, -0.2) is 22.3 Å². The Morgan fingerprint density at radius 2 is 1.71 bits per heavy atom. The van der Waals surface area contributed by atoms with Crippen LogP contribution in [0.25, 0.3) is 0 Å². The van der Waals surface area contributed by atoms with E-state index in [-0.39, 0.29) is 17.2 Å². The normalized spacial score (nSPS) is 11.6. The predicted molar refractivity (Wildman–Crippen MR) is 102 cm³/mol. The molecule has 0 aromatic heterocycles. The van der Waals surface area contributed by atoms with Crippen LogP contribution in [0.1, 0.15) is 17.5 Å². The number of nitrogens with two attached hydrogens (primary N) is 1. The molecule has 2 aromatic carbocycles. The van der Waals surface area contributed by atoms with E-state index >= 15 is 0 Å². The lowest BCUT2D eigenvalue weighted by Crippen LogP contribution is -2.30. The molecule has 0 unspecified atom stereocenters. The zero-order chi connectivity index (χ0) is 20.7. The molecule has 6 nitrogen and oxygen atoms in total. The second kappa shape index (κ2) is 9.72. The Labute approximate surface area is 163 Å². The van der Waals surface area contributed by atoms with E-state index in [0.717, 1.165) is 17.7 Å². The Kier molecular flexibility index (Phi) is 7.61. The third-order valence-electron chi connectivity index (χ3n) is 4.14. The fourth-order valence-electron chi connectivity index (χ4n) is 2.60. The van der Waals surface area contributed by atoms with Crippen LogP contribution in [0.3, 0.4) is 0 Å². The van der Waals surface area contributed by atoms with Gasteiger partial charge >= 0.3 is 0 Å². The van der Waals surface area contributed by atoms with Gasteiger partial charge in [0.1, 0.15) is 0 Å². The van der Waals surface area contributed by atoms with Crippen molar-refractivity contribution in [2.45, 2.75) is 24.3 Å². The van der Waals surface area contributed by atoms with Crippen molar-refractivity contribution >= 4 is 15.9 Å². The van der Waals surface area contributed by atoms with Crippen molar-refractivity contribution in [1.29, 1.82) is 0 Å². The highest BCUT2D eigenvalue weighted by atomic mass is 32.2.